The van der Waals surface area contributed by atoms with Gasteiger partial charge in [0.2, 0.25) is 5.82 Å². The summed E-state index contributed by atoms with van der Waals surface area (Å²) >= 11 is 0. The minimum absolute atomic E-state index is 0.262. The molecule has 0 aliphatic carbocycles. The third-order valence-corrected chi connectivity index (χ3v) is 6.39. The average molecular weight is 497 g/mol. The van der Waals surface area contributed by atoms with Crippen molar-refractivity contribution in [2.75, 3.05) is 10.6 Å². The minimum Gasteiger partial charge on any atom is -0.308 e. The van der Waals surface area contributed by atoms with E-state index in [1.807, 2.05) is 55.5 Å². The third-order valence-electron chi connectivity index (χ3n) is 6.39. The van der Waals surface area contributed by atoms with Crippen molar-refractivity contribution in [3.8, 4) is 22.5 Å². The number of benzene rings is 3. The highest BCUT2D eigenvalue weighted by atomic mass is 16.2. The van der Waals surface area contributed by atoms with E-state index in [9.17, 15) is 4.79 Å². The van der Waals surface area contributed by atoms with Crippen molar-refractivity contribution in [2.24, 2.45) is 11.8 Å². The summed E-state index contributed by atoms with van der Waals surface area (Å²) in [6.45, 7) is 11.0. The first-order valence-electron chi connectivity index (χ1n) is 12.9. The Morgan fingerprint density at radius 2 is 1.54 bits per heavy atom. The molecular formula is C30H36N6O. The maximum atomic E-state index is 13.1. The van der Waals surface area contributed by atoms with E-state index in [0.717, 1.165) is 52.0 Å². The largest absolute Gasteiger partial charge is 0.323 e. The Kier molecular flexibility index (Phi) is 8.33. The maximum Gasteiger partial charge on any atom is 0.323 e. The van der Waals surface area contributed by atoms with Crippen LogP contribution < -0.4 is 10.6 Å². The van der Waals surface area contributed by atoms with E-state index in [1.54, 1.807) is 0 Å². The van der Waals surface area contributed by atoms with Crippen LogP contribution in [0.5, 0.6) is 0 Å². The highest BCUT2D eigenvalue weighted by Gasteiger charge is 2.21. The standard InChI is InChI=1S/C30H36N6O/c1-19(2)16-23(17-20(3)4)26-15-12-22(25-8-6-7-9-27(25)29-33-35-36-34-29)18-28(26)32-30(37)31-24-13-10-21(5)11-14-24/h6-15,18-20,23H,16-17H2,1-5H3,(H2,31,32,37)(H,33,34,35,36). The predicted molar refractivity (Wildman–Crippen MR) is 151 cm³/mol. The topological polar surface area (TPSA) is 95.6 Å². The van der Waals surface area contributed by atoms with E-state index in [0.29, 0.717) is 23.6 Å². The normalized spacial score (nSPS) is 11.4. The van der Waals surface area contributed by atoms with Gasteiger partial charge in [0.15, 0.2) is 0 Å². The lowest BCUT2D eigenvalue weighted by atomic mass is 9.82. The quantitative estimate of drug-likeness (QED) is 0.222. The first kappa shape index (κ1) is 26.1. The number of carbonyl (C=O) groups is 1. The summed E-state index contributed by atoms with van der Waals surface area (Å²) in [4.78, 5) is 13.1. The maximum absolute atomic E-state index is 13.1. The van der Waals surface area contributed by atoms with Crippen molar-refractivity contribution in [2.45, 2.75) is 53.4 Å². The van der Waals surface area contributed by atoms with Gasteiger partial charge < -0.3 is 10.6 Å². The van der Waals surface area contributed by atoms with E-state index in [-0.39, 0.29) is 6.03 Å². The van der Waals surface area contributed by atoms with Crippen molar-refractivity contribution >= 4 is 17.4 Å². The number of aryl methyl sites for hydroxylation is 1. The molecule has 4 aromatic rings. The fourth-order valence-corrected chi connectivity index (χ4v) is 4.80. The number of anilines is 2. The van der Waals surface area contributed by atoms with Gasteiger partial charge in [0.1, 0.15) is 0 Å². The van der Waals surface area contributed by atoms with E-state index in [2.05, 4.69) is 77.2 Å². The number of nitrogens with zero attached hydrogens (tertiary/aromatic N) is 3. The summed E-state index contributed by atoms with van der Waals surface area (Å²) in [6.07, 6.45) is 2.09. The van der Waals surface area contributed by atoms with Gasteiger partial charge in [0, 0.05) is 16.9 Å². The zero-order valence-corrected chi connectivity index (χ0v) is 22.2. The summed E-state index contributed by atoms with van der Waals surface area (Å²) in [6, 6.07) is 21.9. The molecule has 0 fully saturated rings. The minimum atomic E-state index is -0.262. The Morgan fingerprint density at radius 3 is 2.16 bits per heavy atom. The second-order valence-corrected chi connectivity index (χ2v) is 10.5. The molecule has 7 nitrogen and oxygen atoms in total. The lowest BCUT2D eigenvalue weighted by Crippen LogP contribution is -2.21. The van der Waals surface area contributed by atoms with Crippen LogP contribution in [0.4, 0.5) is 16.2 Å². The van der Waals surface area contributed by atoms with Crippen LogP contribution in [0.1, 0.15) is 57.6 Å². The molecule has 7 heteroatoms. The molecule has 0 bridgehead atoms. The fourth-order valence-electron chi connectivity index (χ4n) is 4.80. The lowest BCUT2D eigenvalue weighted by Gasteiger charge is -2.25. The molecule has 192 valence electrons. The SMILES string of the molecule is Cc1ccc(NC(=O)Nc2cc(-c3ccccc3-c3nn[nH]n3)ccc2C(CC(C)C)CC(C)C)cc1. The number of rotatable bonds is 9. The van der Waals surface area contributed by atoms with Gasteiger partial charge in [-0.15, -0.1) is 10.2 Å². The number of urea groups is 1. The van der Waals surface area contributed by atoms with Crippen LogP contribution >= 0.6 is 0 Å². The lowest BCUT2D eigenvalue weighted by molar-refractivity contribution is 0.262. The predicted octanol–water partition coefficient (Wildman–Crippen LogP) is 7.66. The fraction of sp³-hybridized carbons (Fsp3) is 0.333. The van der Waals surface area contributed by atoms with E-state index in [1.165, 1.54) is 0 Å². The van der Waals surface area contributed by atoms with E-state index in [4.69, 9.17) is 0 Å². The Balaban J connectivity index is 1.74. The molecule has 3 aromatic carbocycles. The van der Waals surface area contributed by atoms with Gasteiger partial charge in [0.05, 0.1) is 0 Å². The van der Waals surface area contributed by atoms with Crippen molar-refractivity contribution in [3.63, 3.8) is 0 Å². The number of amides is 2. The molecule has 0 spiro atoms. The Bertz CT molecular complexity index is 1300. The Morgan fingerprint density at radius 1 is 0.865 bits per heavy atom. The molecule has 4 rings (SSSR count). The monoisotopic (exact) mass is 496 g/mol. The second-order valence-electron chi connectivity index (χ2n) is 10.5. The van der Waals surface area contributed by atoms with Crippen LogP contribution in [0.25, 0.3) is 22.5 Å². The molecule has 0 aliphatic heterocycles. The van der Waals surface area contributed by atoms with Crippen LogP contribution in [0.3, 0.4) is 0 Å². The summed E-state index contributed by atoms with van der Waals surface area (Å²) in [5.74, 6) is 1.94. The van der Waals surface area contributed by atoms with E-state index >= 15 is 0 Å². The van der Waals surface area contributed by atoms with Crippen LogP contribution in [-0.4, -0.2) is 26.7 Å². The highest BCUT2D eigenvalue weighted by Crippen LogP contribution is 2.38. The number of nitrogens with one attached hydrogen (secondary N) is 3. The summed E-state index contributed by atoms with van der Waals surface area (Å²) in [7, 11) is 0. The molecule has 1 aromatic heterocycles. The smallest absolute Gasteiger partial charge is 0.308 e. The zero-order chi connectivity index (χ0) is 26.4. The van der Waals surface area contributed by atoms with Crippen molar-refractivity contribution < 1.29 is 4.79 Å². The number of hydrogen-bond donors (Lipinski definition) is 3. The molecule has 0 saturated heterocycles. The average Bonchev–Trinajstić information content (AvgIpc) is 3.39. The van der Waals surface area contributed by atoms with Crippen LogP contribution in [0.15, 0.2) is 66.7 Å². The highest BCUT2D eigenvalue weighted by molar-refractivity contribution is 6.01. The summed E-state index contributed by atoms with van der Waals surface area (Å²) in [5, 5.41) is 20.8. The molecule has 2 amide bonds. The van der Waals surface area contributed by atoms with Gasteiger partial charge in [0.25, 0.3) is 0 Å². The van der Waals surface area contributed by atoms with Gasteiger partial charge in [-0.1, -0.05) is 81.8 Å². The number of hydrogen-bond acceptors (Lipinski definition) is 4. The van der Waals surface area contributed by atoms with Crippen LogP contribution in [0.2, 0.25) is 0 Å². The number of tetrazole rings is 1. The molecule has 0 radical (unpaired) electrons. The molecule has 0 saturated carbocycles. The number of aromatic nitrogens is 4. The van der Waals surface area contributed by atoms with Crippen LogP contribution in [0, 0.1) is 18.8 Å². The van der Waals surface area contributed by atoms with Gasteiger partial charge in [-0.3, -0.25) is 0 Å². The van der Waals surface area contributed by atoms with Crippen molar-refractivity contribution in [3.05, 3.63) is 77.9 Å². The van der Waals surface area contributed by atoms with Gasteiger partial charge in [-0.25, -0.2) is 4.79 Å². The molecule has 1 heterocycles. The first-order valence-corrected chi connectivity index (χ1v) is 12.9. The van der Waals surface area contributed by atoms with Crippen molar-refractivity contribution in [1.82, 2.24) is 20.6 Å². The molecule has 37 heavy (non-hydrogen) atoms. The molecule has 0 aliphatic rings. The first-order chi connectivity index (χ1) is 17.8. The van der Waals surface area contributed by atoms with Gasteiger partial charge in [-0.2, -0.15) is 5.21 Å². The Hall–Kier alpha value is -4.00. The van der Waals surface area contributed by atoms with Crippen LogP contribution in [-0.2, 0) is 0 Å². The van der Waals surface area contributed by atoms with E-state index < -0.39 is 0 Å². The second kappa shape index (κ2) is 11.8. The molecular weight excluding hydrogens is 460 g/mol. The summed E-state index contributed by atoms with van der Waals surface area (Å²) in [5.41, 5.74) is 6.69. The van der Waals surface area contributed by atoms with Crippen molar-refractivity contribution in [1.29, 1.82) is 0 Å². The number of H-pyrrole nitrogens is 1. The number of carbonyl (C=O) groups excluding carboxylic acids is 1. The summed E-state index contributed by atoms with van der Waals surface area (Å²) < 4.78 is 0. The molecule has 3 N–H and O–H groups in total. The van der Waals surface area contributed by atoms with Gasteiger partial charge in [-0.05, 0) is 77.6 Å². The Labute approximate surface area is 219 Å². The zero-order valence-electron chi connectivity index (χ0n) is 22.2. The van der Waals surface area contributed by atoms with Gasteiger partial charge >= 0.3 is 6.03 Å². The molecule has 0 unspecified atom stereocenters. The number of aromatic amines is 1. The molecule has 0 atom stereocenters. The third kappa shape index (κ3) is 6.82.